The van der Waals surface area contributed by atoms with E-state index < -0.39 is 0 Å². The van der Waals surface area contributed by atoms with E-state index in [4.69, 9.17) is 16.3 Å². The van der Waals surface area contributed by atoms with Gasteiger partial charge < -0.3 is 15.2 Å². The summed E-state index contributed by atoms with van der Waals surface area (Å²) in [6.07, 6.45) is 3.92. The Bertz CT molecular complexity index is 444. The number of ether oxygens (including phenoxy) is 1. The first-order valence-electron chi connectivity index (χ1n) is 6.53. The van der Waals surface area contributed by atoms with Crippen LogP contribution in [0.4, 0.5) is 0 Å². The summed E-state index contributed by atoms with van der Waals surface area (Å²) < 4.78 is 5.42. The zero-order valence-corrected chi connectivity index (χ0v) is 11.7. The number of halogens is 1. The Morgan fingerprint density at radius 3 is 2.84 bits per heavy atom. The standard InChI is InChI=1S/C15H20ClNO2/c1-2-7-19-14-4-3-12(8-13(14)16)9-17-10-15(11-18)5-6-15/h2-4,8,17-18H,1,5-7,9-11H2. The van der Waals surface area contributed by atoms with E-state index in [9.17, 15) is 5.11 Å². The predicted molar refractivity (Wildman–Crippen MR) is 77.6 cm³/mol. The van der Waals surface area contributed by atoms with Crippen molar-refractivity contribution in [1.29, 1.82) is 0 Å². The van der Waals surface area contributed by atoms with Gasteiger partial charge in [0.25, 0.3) is 0 Å². The van der Waals surface area contributed by atoms with Crippen LogP contribution in [0.5, 0.6) is 5.75 Å². The van der Waals surface area contributed by atoms with Crippen LogP contribution in [0.15, 0.2) is 30.9 Å². The molecule has 2 rings (SSSR count). The van der Waals surface area contributed by atoms with E-state index in [1.54, 1.807) is 6.08 Å². The van der Waals surface area contributed by atoms with Crippen molar-refractivity contribution in [3.8, 4) is 5.75 Å². The highest BCUT2D eigenvalue weighted by atomic mass is 35.5. The molecule has 1 aromatic rings. The monoisotopic (exact) mass is 281 g/mol. The Labute approximate surface area is 119 Å². The summed E-state index contributed by atoms with van der Waals surface area (Å²) in [7, 11) is 0. The molecule has 0 radical (unpaired) electrons. The van der Waals surface area contributed by atoms with E-state index in [1.165, 1.54) is 0 Å². The zero-order chi connectivity index (χ0) is 13.7. The molecule has 3 nitrogen and oxygen atoms in total. The van der Waals surface area contributed by atoms with Gasteiger partial charge in [-0.1, -0.05) is 30.3 Å². The number of nitrogens with one attached hydrogen (secondary N) is 1. The molecule has 2 N–H and O–H groups in total. The Morgan fingerprint density at radius 1 is 1.47 bits per heavy atom. The quantitative estimate of drug-likeness (QED) is 0.720. The van der Waals surface area contributed by atoms with E-state index in [1.807, 2.05) is 18.2 Å². The third-order valence-corrected chi connectivity index (χ3v) is 3.77. The van der Waals surface area contributed by atoms with Crippen LogP contribution in [0, 0.1) is 5.41 Å². The van der Waals surface area contributed by atoms with E-state index >= 15 is 0 Å². The number of aliphatic hydroxyl groups is 1. The second-order valence-electron chi connectivity index (χ2n) is 5.13. The van der Waals surface area contributed by atoms with Crippen molar-refractivity contribution in [2.24, 2.45) is 5.41 Å². The third kappa shape index (κ3) is 3.96. The highest BCUT2D eigenvalue weighted by Crippen LogP contribution is 2.44. The van der Waals surface area contributed by atoms with Crippen LogP contribution in [0.25, 0.3) is 0 Å². The molecule has 1 fully saturated rings. The van der Waals surface area contributed by atoms with Crippen LogP contribution in [0.2, 0.25) is 5.02 Å². The summed E-state index contributed by atoms with van der Waals surface area (Å²) in [5.41, 5.74) is 1.25. The number of hydrogen-bond acceptors (Lipinski definition) is 3. The SMILES string of the molecule is C=CCOc1ccc(CNCC2(CO)CC2)cc1Cl. The van der Waals surface area contributed by atoms with Crippen molar-refractivity contribution < 1.29 is 9.84 Å². The highest BCUT2D eigenvalue weighted by Gasteiger charge is 2.41. The zero-order valence-electron chi connectivity index (χ0n) is 11.0. The normalized spacial score (nSPS) is 16.1. The van der Waals surface area contributed by atoms with E-state index in [0.717, 1.165) is 31.5 Å². The lowest BCUT2D eigenvalue weighted by atomic mass is 10.1. The molecule has 0 bridgehead atoms. The van der Waals surface area contributed by atoms with E-state index in [2.05, 4.69) is 11.9 Å². The van der Waals surface area contributed by atoms with Gasteiger partial charge in [-0.15, -0.1) is 0 Å². The summed E-state index contributed by atoms with van der Waals surface area (Å²) in [6, 6.07) is 5.78. The van der Waals surface area contributed by atoms with Crippen LogP contribution in [0.3, 0.4) is 0 Å². The van der Waals surface area contributed by atoms with Crippen LogP contribution in [-0.4, -0.2) is 24.9 Å². The molecular formula is C15H20ClNO2. The third-order valence-electron chi connectivity index (χ3n) is 3.47. The largest absolute Gasteiger partial charge is 0.488 e. The van der Waals surface area contributed by atoms with Crippen LogP contribution in [-0.2, 0) is 6.54 Å². The maximum Gasteiger partial charge on any atom is 0.138 e. The van der Waals surface area contributed by atoms with Gasteiger partial charge in [0.05, 0.1) is 5.02 Å². The topological polar surface area (TPSA) is 41.5 Å². The van der Waals surface area contributed by atoms with Crippen molar-refractivity contribution in [2.75, 3.05) is 19.8 Å². The van der Waals surface area contributed by atoms with Gasteiger partial charge in [0.2, 0.25) is 0 Å². The first kappa shape index (κ1) is 14.4. The molecule has 0 atom stereocenters. The molecule has 0 aromatic heterocycles. The fourth-order valence-electron chi connectivity index (χ4n) is 1.96. The Balaban J connectivity index is 1.83. The smallest absolute Gasteiger partial charge is 0.138 e. The first-order valence-corrected chi connectivity index (χ1v) is 6.91. The van der Waals surface area contributed by atoms with E-state index in [-0.39, 0.29) is 12.0 Å². The Kier molecular flexibility index (Phi) is 4.86. The molecule has 0 amide bonds. The summed E-state index contributed by atoms with van der Waals surface area (Å²) >= 11 is 6.15. The minimum atomic E-state index is 0.136. The van der Waals surface area contributed by atoms with Gasteiger partial charge in [-0.05, 0) is 30.5 Å². The predicted octanol–water partition coefficient (Wildman–Crippen LogP) is 2.77. The molecule has 19 heavy (non-hydrogen) atoms. The molecule has 1 aromatic carbocycles. The second-order valence-corrected chi connectivity index (χ2v) is 5.53. The van der Waals surface area contributed by atoms with Gasteiger partial charge in [0.15, 0.2) is 0 Å². The average Bonchev–Trinajstić information content (AvgIpc) is 3.18. The number of benzene rings is 1. The van der Waals surface area contributed by atoms with Crippen molar-refractivity contribution in [3.05, 3.63) is 41.4 Å². The van der Waals surface area contributed by atoms with Crippen molar-refractivity contribution in [2.45, 2.75) is 19.4 Å². The molecule has 0 unspecified atom stereocenters. The van der Waals surface area contributed by atoms with Gasteiger partial charge in [-0.25, -0.2) is 0 Å². The van der Waals surface area contributed by atoms with Crippen molar-refractivity contribution in [3.63, 3.8) is 0 Å². The molecule has 1 saturated carbocycles. The molecule has 4 heteroatoms. The fourth-order valence-corrected chi connectivity index (χ4v) is 2.22. The Hall–Kier alpha value is -1.03. The van der Waals surface area contributed by atoms with Crippen LogP contribution in [0.1, 0.15) is 18.4 Å². The maximum atomic E-state index is 9.23. The molecule has 1 aliphatic rings. The Morgan fingerprint density at radius 2 is 2.26 bits per heavy atom. The van der Waals surface area contributed by atoms with Gasteiger partial charge >= 0.3 is 0 Å². The highest BCUT2D eigenvalue weighted by molar-refractivity contribution is 6.32. The summed E-state index contributed by atoms with van der Waals surface area (Å²) in [4.78, 5) is 0. The first-order chi connectivity index (χ1) is 9.19. The van der Waals surface area contributed by atoms with Gasteiger partial charge in [0.1, 0.15) is 12.4 Å². The maximum absolute atomic E-state index is 9.23. The number of rotatable bonds is 8. The lowest BCUT2D eigenvalue weighted by molar-refractivity contribution is 0.207. The molecule has 0 saturated heterocycles. The van der Waals surface area contributed by atoms with Crippen molar-refractivity contribution in [1.82, 2.24) is 5.32 Å². The molecule has 104 valence electrons. The van der Waals surface area contributed by atoms with Crippen LogP contribution >= 0.6 is 11.6 Å². The summed E-state index contributed by atoms with van der Waals surface area (Å²) in [5, 5.41) is 13.2. The molecular weight excluding hydrogens is 262 g/mol. The van der Waals surface area contributed by atoms with Gasteiger partial charge in [-0.3, -0.25) is 0 Å². The fraction of sp³-hybridized carbons (Fsp3) is 0.467. The lowest BCUT2D eigenvalue weighted by Crippen LogP contribution is -2.26. The minimum absolute atomic E-state index is 0.136. The van der Waals surface area contributed by atoms with Crippen LogP contribution < -0.4 is 10.1 Å². The lowest BCUT2D eigenvalue weighted by Gasteiger charge is -2.13. The van der Waals surface area contributed by atoms with Crippen molar-refractivity contribution >= 4 is 11.6 Å². The summed E-state index contributed by atoms with van der Waals surface area (Å²) in [5.74, 6) is 0.680. The number of aliphatic hydroxyl groups excluding tert-OH is 1. The minimum Gasteiger partial charge on any atom is -0.488 e. The van der Waals surface area contributed by atoms with Gasteiger partial charge in [-0.2, -0.15) is 0 Å². The summed E-state index contributed by atoms with van der Waals surface area (Å²) in [6.45, 7) is 5.94. The van der Waals surface area contributed by atoms with E-state index in [0.29, 0.717) is 17.4 Å². The average molecular weight is 282 g/mol. The molecule has 0 aliphatic heterocycles. The molecule has 0 spiro atoms. The molecule has 1 aliphatic carbocycles. The second kappa shape index (κ2) is 6.42. The molecule has 0 heterocycles. The number of hydrogen-bond donors (Lipinski definition) is 2. The van der Waals surface area contributed by atoms with Gasteiger partial charge in [0, 0.05) is 25.1 Å².